The standard InChI is InChI=1S/C7H10BrNO5/c1-12-9-5(6(10)11)7(4-8)13-2-3-14-7/h2-4H2,1H3,(H,10,11). The Morgan fingerprint density at radius 2 is 2.21 bits per heavy atom. The minimum atomic E-state index is -1.33. The zero-order valence-corrected chi connectivity index (χ0v) is 9.11. The van der Waals surface area contributed by atoms with Crippen LogP contribution in [0.25, 0.3) is 0 Å². The number of oxime groups is 1. The molecule has 0 atom stereocenters. The molecule has 7 heteroatoms. The number of carboxylic acid groups (broad SMARTS) is 1. The van der Waals surface area contributed by atoms with Gasteiger partial charge in [0.1, 0.15) is 7.11 Å². The van der Waals surface area contributed by atoms with Crippen molar-refractivity contribution in [3.63, 3.8) is 0 Å². The SMILES string of the molecule is CON=C(C(=O)O)C1(CBr)OCCO1. The topological polar surface area (TPSA) is 77.4 Å². The molecule has 1 rings (SSSR count). The third kappa shape index (κ3) is 2.05. The normalized spacial score (nSPS) is 20.9. The van der Waals surface area contributed by atoms with Crippen LogP contribution < -0.4 is 0 Å². The van der Waals surface area contributed by atoms with Gasteiger partial charge in [-0.1, -0.05) is 21.1 Å². The van der Waals surface area contributed by atoms with Crippen LogP contribution in [0.2, 0.25) is 0 Å². The largest absolute Gasteiger partial charge is 0.477 e. The fourth-order valence-electron chi connectivity index (χ4n) is 1.09. The minimum absolute atomic E-state index is 0.189. The summed E-state index contributed by atoms with van der Waals surface area (Å²) in [5.41, 5.74) is -0.297. The van der Waals surface area contributed by atoms with E-state index in [1.807, 2.05) is 0 Å². The highest BCUT2D eigenvalue weighted by atomic mass is 79.9. The van der Waals surface area contributed by atoms with E-state index in [0.29, 0.717) is 13.2 Å². The zero-order chi connectivity index (χ0) is 10.6. The predicted octanol–water partition coefficient (Wildman–Crippen LogP) is 0.211. The molecule has 0 spiro atoms. The van der Waals surface area contributed by atoms with E-state index in [1.54, 1.807) is 0 Å². The number of carboxylic acids is 1. The Labute approximate surface area is 88.9 Å². The lowest BCUT2D eigenvalue weighted by Gasteiger charge is -2.23. The fraction of sp³-hybridized carbons (Fsp3) is 0.714. The van der Waals surface area contributed by atoms with Crippen LogP contribution in [-0.2, 0) is 19.1 Å². The van der Waals surface area contributed by atoms with E-state index in [4.69, 9.17) is 14.6 Å². The second-order valence-corrected chi connectivity index (χ2v) is 3.07. The third-order valence-electron chi connectivity index (χ3n) is 1.68. The molecule has 80 valence electrons. The molecule has 1 saturated heterocycles. The van der Waals surface area contributed by atoms with Gasteiger partial charge in [0.25, 0.3) is 0 Å². The van der Waals surface area contributed by atoms with Crippen LogP contribution in [0.5, 0.6) is 0 Å². The van der Waals surface area contributed by atoms with E-state index < -0.39 is 11.8 Å². The lowest BCUT2D eigenvalue weighted by atomic mass is 10.2. The lowest BCUT2D eigenvalue weighted by molar-refractivity contribution is -0.135. The van der Waals surface area contributed by atoms with Crippen molar-refractivity contribution < 1.29 is 24.2 Å². The Morgan fingerprint density at radius 1 is 1.64 bits per heavy atom. The van der Waals surface area contributed by atoms with Crippen molar-refractivity contribution in [1.29, 1.82) is 0 Å². The summed E-state index contributed by atoms with van der Waals surface area (Å²) in [4.78, 5) is 15.3. The van der Waals surface area contributed by atoms with Crippen LogP contribution in [0.3, 0.4) is 0 Å². The van der Waals surface area contributed by atoms with Crippen molar-refractivity contribution >= 4 is 27.6 Å². The Hall–Kier alpha value is -0.660. The van der Waals surface area contributed by atoms with Gasteiger partial charge < -0.3 is 19.4 Å². The first-order chi connectivity index (χ1) is 6.66. The first kappa shape index (κ1) is 11.4. The Balaban J connectivity index is 2.94. The van der Waals surface area contributed by atoms with Crippen molar-refractivity contribution in [2.75, 3.05) is 25.7 Å². The molecule has 6 nitrogen and oxygen atoms in total. The quantitative estimate of drug-likeness (QED) is 0.448. The van der Waals surface area contributed by atoms with Gasteiger partial charge in [-0.05, 0) is 0 Å². The van der Waals surface area contributed by atoms with E-state index in [0.717, 1.165) is 0 Å². The summed E-state index contributed by atoms with van der Waals surface area (Å²) in [6.45, 7) is 0.670. The summed E-state index contributed by atoms with van der Waals surface area (Å²) < 4.78 is 10.4. The molecule has 0 unspecified atom stereocenters. The minimum Gasteiger partial charge on any atom is -0.477 e. The van der Waals surface area contributed by atoms with Gasteiger partial charge in [-0.15, -0.1) is 0 Å². The maximum absolute atomic E-state index is 10.8. The molecule has 0 aromatic rings. The van der Waals surface area contributed by atoms with Crippen molar-refractivity contribution in [1.82, 2.24) is 0 Å². The number of aliphatic carboxylic acids is 1. The van der Waals surface area contributed by atoms with E-state index >= 15 is 0 Å². The summed E-state index contributed by atoms with van der Waals surface area (Å²) in [5, 5.41) is 12.4. The van der Waals surface area contributed by atoms with E-state index in [9.17, 15) is 4.79 Å². The zero-order valence-electron chi connectivity index (χ0n) is 7.53. The number of rotatable bonds is 4. The second kappa shape index (κ2) is 4.72. The lowest BCUT2D eigenvalue weighted by Crippen LogP contribution is -2.46. The number of hydrogen-bond acceptors (Lipinski definition) is 5. The first-order valence-electron chi connectivity index (χ1n) is 3.85. The van der Waals surface area contributed by atoms with Gasteiger partial charge in [0.2, 0.25) is 11.5 Å². The Morgan fingerprint density at radius 3 is 2.57 bits per heavy atom. The smallest absolute Gasteiger partial charge is 0.359 e. The molecule has 0 aromatic heterocycles. The van der Waals surface area contributed by atoms with Crippen LogP contribution in [-0.4, -0.2) is 48.2 Å². The van der Waals surface area contributed by atoms with Crippen molar-refractivity contribution in [2.24, 2.45) is 5.16 Å². The van der Waals surface area contributed by atoms with Crippen LogP contribution in [0.4, 0.5) is 0 Å². The number of ether oxygens (including phenoxy) is 2. The Bertz CT molecular complexity index is 248. The highest BCUT2D eigenvalue weighted by Gasteiger charge is 2.45. The fourth-order valence-corrected chi connectivity index (χ4v) is 1.68. The number of halogens is 1. The third-order valence-corrected chi connectivity index (χ3v) is 2.41. The summed E-state index contributed by atoms with van der Waals surface area (Å²) in [5.74, 6) is -2.56. The van der Waals surface area contributed by atoms with E-state index in [1.165, 1.54) is 7.11 Å². The molecule has 0 radical (unpaired) electrons. The molecule has 14 heavy (non-hydrogen) atoms. The van der Waals surface area contributed by atoms with Gasteiger partial charge >= 0.3 is 5.97 Å². The molecule has 1 aliphatic heterocycles. The molecule has 0 saturated carbocycles. The van der Waals surface area contributed by atoms with Crippen LogP contribution in [0, 0.1) is 0 Å². The van der Waals surface area contributed by atoms with E-state index in [-0.39, 0.29) is 11.0 Å². The molecule has 1 fully saturated rings. The molecule has 1 aliphatic rings. The summed E-state index contributed by atoms with van der Waals surface area (Å²) >= 11 is 3.12. The van der Waals surface area contributed by atoms with Gasteiger partial charge in [-0.25, -0.2) is 4.79 Å². The molecule has 0 amide bonds. The highest BCUT2D eigenvalue weighted by Crippen LogP contribution is 2.24. The molecule has 1 N–H and O–H groups in total. The molecule has 1 heterocycles. The van der Waals surface area contributed by atoms with Crippen molar-refractivity contribution in [3.8, 4) is 0 Å². The highest BCUT2D eigenvalue weighted by molar-refractivity contribution is 9.09. The predicted molar refractivity (Wildman–Crippen MR) is 50.5 cm³/mol. The average Bonchev–Trinajstić information content (AvgIpc) is 2.63. The molecule has 0 aromatic carbocycles. The van der Waals surface area contributed by atoms with E-state index in [2.05, 4.69) is 25.9 Å². The van der Waals surface area contributed by atoms with Crippen LogP contribution in [0.1, 0.15) is 0 Å². The average molecular weight is 268 g/mol. The summed E-state index contributed by atoms with van der Waals surface area (Å²) in [7, 11) is 1.26. The molecule has 0 bridgehead atoms. The molecule has 0 aliphatic carbocycles. The van der Waals surface area contributed by atoms with Crippen LogP contribution >= 0.6 is 15.9 Å². The number of carbonyl (C=O) groups is 1. The first-order valence-corrected chi connectivity index (χ1v) is 4.97. The van der Waals surface area contributed by atoms with Gasteiger partial charge in [0, 0.05) is 0 Å². The maximum Gasteiger partial charge on any atom is 0.359 e. The van der Waals surface area contributed by atoms with Gasteiger partial charge in [-0.2, -0.15) is 0 Å². The number of nitrogens with zero attached hydrogens (tertiary/aromatic N) is 1. The summed E-state index contributed by atoms with van der Waals surface area (Å²) in [6.07, 6.45) is 0. The van der Waals surface area contributed by atoms with Gasteiger partial charge in [-0.3, -0.25) is 0 Å². The molecular weight excluding hydrogens is 258 g/mol. The van der Waals surface area contributed by atoms with Crippen molar-refractivity contribution in [3.05, 3.63) is 0 Å². The monoisotopic (exact) mass is 267 g/mol. The van der Waals surface area contributed by atoms with Crippen molar-refractivity contribution in [2.45, 2.75) is 5.79 Å². The number of alkyl halides is 1. The maximum atomic E-state index is 10.8. The van der Waals surface area contributed by atoms with Crippen LogP contribution in [0.15, 0.2) is 5.16 Å². The Kier molecular flexibility index (Phi) is 3.85. The van der Waals surface area contributed by atoms with Gasteiger partial charge in [0.05, 0.1) is 18.5 Å². The summed E-state index contributed by atoms with van der Waals surface area (Å²) in [6, 6.07) is 0. The number of hydrogen-bond donors (Lipinski definition) is 1. The second-order valence-electron chi connectivity index (χ2n) is 2.51. The molecular formula is C7H10BrNO5. The van der Waals surface area contributed by atoms with Gasteiger partial charge in [0.15, 0.2) is 0 Å².